The highest BCUT2D eigenvalue weighted by Gasteiger charge is 2.72. The van der Waals surface area contributed by atoms with Gasteiger partial charge in [-0.3, -0.25) is 0 Å². The molecule has 0 rings (SSSR count). The Kier molecular flexibility index (Phi) is 7.27. The molecule has 0 aromatic carbocycles. The largest absolute Gasteiger partial charge is 0.459 e. The Morgan fingerprint density at radius 3 is 1.80 bits per heavy atom. The number of alkyl halides is 7. The van der Waals surface area contributed by atoms with E-state index in [-0.39, 0.29) is 6.42 Å². The number of halogens is 7. The molecule has 0 radical (unpaired) electrons. The normalized spacial score (nSPS) is 15.4. The number of hydrogen-bond donors (Lipinski definition) is 1. The second-order valence-electron chi connectivity index (χ2n) is 4.84. The molecule has 0 bridgehead atoms. The average molecular weight is 312 g/mol. The van der Waals surface area contributed by atoms with Gasteiger partial charge in [0.2, 0.25) is 0 Å². The molecule has 1 unspecified atom stereocenters. The quantitative estimate of drug-likeness (QED) is 0.473. The van der Waals surface area contributed by atoms with Gasteiger partial charge < -0.3 is 5.11 Å². The molecule has 0 aliphatic carbocycles. The van der Waals surface area contributed by atoms with Crippen LogP contribution in [0.25, 0.3) is 0 Å². The first-order valence-corrected chi connectivity index (χ1v) is 6.46. The lowest BCUT2D eigenvalue weighted by atomic mass is 9.99. The molecule has 0 fully saturated rings. The third-order valence-corrected chi connectivity index (χ3v) is 2.95. The summed E-state index contributed by atoms with van der Waals surface area (Å²) in [5, 5.41) is 9.19. The van der Waals surface area contributed by atoms with Crippen LogP contribution in [0.15, 0.2) is 0 Å². The first kappa shape index (κ1) is 19.5. The minimum absolute atomic E-state index is 0.215. The first-order valence-electron chi connectivity index (χ1n) is 6.46. The van der Waals surface area contributed by atoms with E-state index in [4.69, 9.17) is 0 Å². The van der Waals surface area contributed by atoms with E-state index in [1.807, 2.05) is 6.92 Å². The molecule has 0 aromatic rings. The molecule has 0 aromatic heterocycles. The molecule has 1 nitrogen and oxygen atoms in total. The fourth-order valence-corrected chi connectivity index (χ4v) is 1.72. The van der Waals surface area contributed by atoms with Crippen LogP contribution in [0.4, 0.5) is 30.7 Å². The van der Waals surface area contributed by atoms with Crippen LogP contribution < -0.4 is 0 Å². The number of rotatable bonds is 9. The monoisotopic (exact) mass is 312 g/mol. The molecule has 8 heteroatoms. The molecule has 1 N–H and O–H groups in total. The van der Waals surface area contributed by atoms with Crippen LogP contribution in [0.5, 0.6) is 0 Å². The predicted molar refractivity (Wildman–Crippen MR) is 59.9 cm³/mol. The highest BCUT2D eigenvalue weighted by atomic mass is 19.4. The van der Waals surface area contributed by atoms with Gasteiger partial charge in [0.25, 0.3) is 0 Å². The second kappa shape index (κ2) is 7.47. The van der Waals surface area contributed by atoms with E-state index in [1.165, 1.54) is 0 Å². The summed E-state index contributed by atoms with van der Waals surface area (Å²) in [6, 6.07) is 0. The smallest absolute Gasteiger partial charge is 0.393 e. The van der Waals surface area contributed by atoms with Crippen LogP contribution in [0.3, 0.4) is 0 Å². The molecule has 0 aliphatic rings. The zero-order valence-corrected chi connectivity index (χ0v) is 11.1. The summed E-state index contributed by atoms with van der Waals surface area (Å²) in [6.45, 7) is 1.95. The van der Waals surface area contributed by atoms with Gasteiger partial charge in [-0.15, -0.1) is 0 Å². The van der Waals surface area contributed by atoms with Gasteiger partial charge in [0, 0.05) is 6.42 Å². The van der Waals surface area contributed by atoms with Gasteiger partial charge in [0.1, 0.15) is 0 Å². The van der Waals surface area contributed by atoms with Crippen LogP contribution in [-0.4, -0.2) is 29.2 Å². The average Bonchev–Trinajstić information content (AvgIpc) is 2.26. The van der Waals surface area contributed by atoms with Crippen LogP contribution in [0, 0.1) is 0 Å². The van der Waals surface area contributed by atoms with Gasteiger partial charge in [0.15, 0.2) is 0 Å². The Morgan fingerprint density at radius 2 is 1.35 bits per heavy atom. The van der Waals surface area contributed by atoms with E-state index < -0.39 is 30.5 Å². The van der Waals surface area contributed by atoms with Gasteiger partial charge in [-0.25, -0.2) is 0 Å². The molecule has 0 saturated heterocycles. The molecule has 20 heavy (non-hydrogen) atoms. The lowest BCUT2D eigenvalue weighted by molar-refractivity contribution is -0.358. The van der Waals surface area contributed by atoms with Crippen LogP contribution in [-0.2, 0) is 0 Å². The summed E-state index contributed by atoms with van der Waals surface area (Å²) in [5.41, 5.74) is 0. The summed E-state index contributed by atoms with van der Waals surface area (Å²) in [4.78, 5) is 0. The molecule has 0 saturated carbocycles. The Balaban J connectivity index is 4.32. The van der Waals surface area contributed by atoms with Crippen molar-refractivity contribution in [3.63, 3.8) is 0 Å². The minimum Gasteiger partial charge on any atom is -0.393 e. The van der Waals surface area contributed by atoms with Crippen molar-refractivity contribution in [3.05, 3.63) is 0 Å². The zero-order chi connectivity index (χ0) is 16.0. The van der Waals surface area contributed by atoms with Gasteiger partial charge in [-0.1, -0.05) is 39.0 Å². The second-order valence-corrected chi connectivity index (χ2v) is 4.84. The molecule has 0 aliphatic heterocycles. The van der Waals surface area contributed by atoms with Crippen molar-refractivity contribution in [1.82, 2.24) is 0 Å². The van der Waals surface area contributed by atoms with Gasteiger partial charge in [0.05, 0.1) is 6.10 Å². The Hall–Kier alpha value is -0.530. The Morgan fingerprint density at radius 1 is 0.850 bits per heavy atom. The van der Waals surface area contributed by atoms with Crippen LogP contribution in [0.1, 0.15) is 51.9 Å². The van der Waals surface area contributed by atoms with Gasteiger partial charge in [-0.05, 0) is 6.42 Å². The standard InChI is InChI=1S/C12H19F7O/c1-2-3-4-5-6-7-9(20)8-10(13,14)11(15,16)12(17,18)19/h9,20H,2-8H2,1H3. The van der Waals surface area contributed by atoms with E-state index in [2.05, 4.69) is 0 Å². The maximum absolute atomic E-state index is 12.9. The fourth-order valence-electron chi connectivity index (χ4n) is 1.72. The number of hydrogen-bond acceptors (Lipinski definition) is 1. The highest BCUT2D eigenvalue weighted by Crippen LogP contribution is 2.48. The van der Waals surface area contributed by atoms with E-state index in [1.54, 1.807) is 0 Å². The van der Waals surface area contributed by atoms with E-state index >= 15 is 0 Å². The third kappa shape index (κ3) is 5.46. The predicted octanol–water partition coefficient (Wildman–Crippen LogP) is 4.93. The van der Waals surface area contributed by atoms with E-state index in [0.717, 1.165) is 19.3 Å². The molecule has 0 amide bonds. The van der Waals surface area contributed by atoms with Crippen molar-refractivity contribution >= 4 is 0 Å². The molecule has 0 heterocycles. The van der Waals surface area contributed by atoms with Crippen molar-refractivity contribution in [2.24, 2.45) is 0 Å². The SMILES string of the molecule is CCCCCCCC(O)CC(F)(F)C(F)(F)C(F)(F)F. The Bertz CT molecular complexity index is 275. The lowest BCUT2D eigenvalue weighted by Gasteiger charge is -2.29. The van der Waals surface area contributed by atoms with E-state index in [9.17, 15) is 35.8 Å². The molecule has 1 atom stereocenters. The Labute approximate surface area is 113 Å². The molecule has 122 valence electrons. The van der Waals surface area contributed by atoms with Crippen LogP contribution >= 0.6 is 0 Å². The van der Waals surface area contributed by atoms with Crippen molar-refractivity contribution in [2.45, 2.75) is 76.0 Å². The number of aliphatic hydroxyl groups is 1. The van der Waals surface area contributed by atoms with Crippen molar-refractivity contribution < 1.29 is 35.8 Å². The molecular weight excluding hydrogens is 293 g/mol. The molecule has 0 spiro atoms. The summed E-state index contributed by atoms with van der Waals surface area (Å²) in [5.74, 6) is -11.4. The number of aliphatic hydroxyl groups excluding tert-OH is 1. The summed E-state index contributed by atoms with van der Waals surface area (Å²) in [6.07, 6.45) is -6.73. The zero-order valence-electron chi connectivity index (χ0n) is 11.1. The van der Waals surface area contributed by atoms with Crippen LogP contribution in [0.2, 0.25) is 0 Å². The summed E-state index contributed by atoms with van der Waals surface area (Å²) >= 11 is 0. The van der Waals surface area contributed by atoms with E-state index in [0.29, 0.717) is 12.8 Å². The molecular formula is C12H19F7O. The number of unbranched alkanes of at least 4 members (excludes halogenated alkanes) is 4. The lowest BCUT2D eigenvalue weighted by Crippen LogP contribution is -2.53. The fraction of sp³-hybridized carbons (Fsp3) is 1.00. The minimum atomic E-state index is -6.34. The van der Waals surface area contributed by atoms with Crippen molar-refractivity contribution in [3.8, 4) is 0 Å². The maximum atomic E-state index is 12.9. The van der Waals surface area contributed by atoms with Gasteiger partial charge >= 0.3 is 18.0 Å². The van der Waals surface area contributed by atoms with Crippen molar-refractivity contribution in [1.29, 1.82) is 0 Å². The summed E-state index contributed by atoms with van der Waals surface area (Å²) in [7, 11) is 0. The highest BCUT2D eigenvalue weighted by molar-refractivity contribution is 4.92. The summed E-state index contributed by atoms with van der Waals surface area (Å²) < 4.78 is 86.6. The topological polar surface area (TPSA) is 20.2 Å². The maximum Gasteiger partial charge on any atom is 0.459 e. The van der Waals surface area contributed by atoms with Gasteiger partial charge in [-0.2, -0.15) is 30.7 Å². The first-order chi connectivity index (χ1) is 8.95. The third-order valence-electron chi connectivity index (χ3n) is 2.95. The van der Waals surface area contributed by atoms with Crippen molar-refractivity contribution in [2.75, 3.05) is 0 Å².